The molecule has 0 aliphatic heterocycles. The highest BCUT2D eigenvalue weighted by Gasteiger charge is 2.26. The number of hydrogen-bond donors (Lipinski definition) is 0. The Morgan fingerprint density at radius 1 is 1.19 bits per heavy atom. The molecule has 2 rings (SSSR count). The minimum atomic E-state index is -0.323. The first-order chi connectivity index (χ1) is 12.4. The van der Waals surface area contributed by atoms with Gasteiger partial charge in [0.1, 0.15) is 0 Å². The summed E-state index contributed by atoms with van der Waals surface area (Å²) in [5, 5.41) is 0. The van der Waals surface area contributed by atoms with Gasteiger partial charge in [0.2, 0.25) is 5.91 Å². The summed E-state index contributed by atoms with van der Waals surface area (Å²) in [6.07, 6.45) is 6.80. The van der Waals surface area contributed by atoms with E-state index >= 15 is 0 Å². The zero-order valence-corrected chi connectivity index (χ0v) is 16.8. The summed E-state index contributed by atoms with van der Waals surface area (Å²) < 4.78 is 7.32. The second kappa shape index (κ2) is 9.06. The normalized spacial score (nSPS) is 14.0. The van der Waals surface area contributed by atoms with E-state index in [1.165, 1.54) is 12.8 Å². The monoisotopic (exact) mass is 360 g/mol. The predicted molar refractivity (Wildman–Crippen MR) is 104 cm³/mol. The van der Waals surface area contributed by atoms with Crippen molar-refractivity contribution in [2.45, 2.75) is 60.4 Å². The average Bonchev–Trinajstić information content (AvgIpc) is 3.38. The first kappa shape index (κ1) is 20.3. The lowest BCUT2D eigenvalue weighted by molar-refractivity contribution is -0.126. The molecule has 0 radical (unpaired) electrons. The maximum atomic E-state index is 12.7. The van der Waals surface area contributed by atoms with Crippen molar-refractivity contribution >= 4 is 18.0 Å². The molecule has 26 heavy (non-hydrogen) atoms. The van der Waals surface area contributed by atoms with Gasteiger partial charge in [-0.1, -0.05) is 6.92 Å². The highest BCUT2D eigenvalue weighted by Crippen LogP contribution is 2.30. The zero-order chi connectivity index (χ0) is 19.3. The van der Waals surface area contributed by atoms with Crippen LogP contribution in [0.3, 0.4) is 0 Å². The molecule has 1 aliphatic rings. The predicted octanol–water partition coefficient (Wildman–Crippen LogP) is 3.96. The number of nitrogens with zero attached hydrogens (tertiary/aromatic N) is 2. The molecule has 144 valence electrons. The van der Waals surface area contributed by atoms with E-state index in [1.54, 1.807) is 19.1 Å². The molecular formula is C21H32N2O3. The van der Waals surface area contributed by atoms with E-state index in [-0.39, 0.29) is 11.9 Å². The van der Waals surface area contributed by atoms with Gasteiger partial charge < -0.3 is 14.2 Å². The van der Waals surface area contributed by atoms with Gasteiger partial charge in [0.05, 0.1) is 12.2 Å². The summed E-state index contributed by atoms with van der Waals surface area (Å²) in [5.74, 6) is 0.366. The number of hydrogen-bond acceptors (Lipinski definition) is 3. The van der Waals surface area contributed by atoms with Crippen molar-refractivity contribution < 1.29 is 14.3 Å². The SMILES string of the molecule is CCCN(CC1CC1)C(=O)/C=C/c1c(C(=O)OCC)c(C)n(CC)c1C. The van der Waals surface area contributed by atoms with E-state index < -0.39 is 0 Å². The Morgan fingerprint density at radius 3 is 2.42 bits per heavy atom. The highest BCUT2D eigenvalue weighted by atomic mass is 16.5. The number of aromatic nitrogens is 1. The Morgan fingerprint density at radius 2 is 1.88 bits per heavy atom. The Bertz CT molecular complexity index is 684. The molecule has 0 saturated heterocycles. The second-order valence-electron chi connectivity index (χ2n) is 6.99. The van der Waals surface area contributed by atoms with Crippen LogP contribution in [-0.4, -0.2) is 41.0 Å². The van der Waals surface area contributed by atoms with Crippen molar-refractivity contribution in [3.63, 3.8) is 0 Å². The molecule has 5 nitrogen and oxygen atoms in total. The Labute approximate surface area is 157 Å². The van der Waals surface area contributed by atoms with Crippen LogP contribution >= 0.6 is 0 Å². The standard InChI is InChI=1S/C21H32N2O3/c1-6-13-22(14-17-9-10-17)19(24)12-11-18-15(4)23(7-2)16(5)20(18)21(25)26-8-3/h11-12,17H,6-10,13-14H2,1-5H3/b12-11+. The molecule has 0 spiro atoms. The Balaban J connectivity index is 2.29. The minimum absolute atomic E-state index is 0.0230. The smallest absolute Gasteiger partial charge is 0.340 e. The first-order valence-electron chi connectivity index (χ1n) is 9.78. The van der Waals surface area contributed by atoms with E-state index in [0.717, 1.165) is 43.0 Å². The third-order valence-electron chi connectivity index (χ3n) is 5.00. The summed E-state index contributed by atoms with van der Waals surface area (Å²) in [5.41, 5.74) is 3.23. The molecule has 0 unspecified atom stereocenters. The fourth-order valence-corrected chi connectivity index (χ4v) is 3.48. The molecular weight excluding hydrogens is 328 g/mol. The van der Waals surface area contributed by atoms with Gasteiger partial charge in [-0.3, -0.25) is 4.79 Å². The molecule has 0 N–H and O–H groups in total. The lowest BCUT2D eigenvalue weighted by atomic mass is 10.1. The molecule has 0 aromatic carbocycles. The van der Waals surface area contributed by atoms with Gasteiger partial charge in [0.25, 0.3) is 0 Å². The van der Waals surface area contributed by atoms with Crippen LogP contribution in [0.4, 0.5) is 0 Å². The van der Waals surface area contributed by atoms with Crippen LogP contribution in [0.25, 0.3) is 6.08 Å². The van der Waals surface area contributed by atoms with E-state index in [4.69, 9.17) is 4.74 Å². The third kappa shape index (κ3) is 4.57. The number of carbonyl (C=O) groups is 2. The quantitative estimate of drug-likeness (QED) is 0.495. The van der Waals surface area contributed by atoms with Crippen LogP contribution in [0, 0.1) is 19.8 Å². The topological polar surface area (TPSA) is 51.5 Å². The highest BCUT2D eigenvalue weighted by molar-refractivity contribution is 5.98. The molecule has 1 fully saturated rings. The average molecular weight is 360 g/mol. The maximum Gasteiger partial charge on any atom is 0.340 e. The summed E-state index contributed by atoms with van der Waals surface area (Å²) >= 11 is 0. The fraction of sp³-hybridized carbons (Fsp3) is 0.619. The van der Waals surface area contributed by atoms with E-state index in [0.29, 0.717) is 18.1 Å². The van der Waals surface area contributed by atoms with Gasteiger partial charge in [-0.2, -0.15) is 0 Å². The van der Waals surface area contributed by atoms with Crippen LogP contribution in [-0.2, 0) is 16.1 Å². The van der Waals surface area contributed by atoms with Gasteiger partial charge >= 0.3 is 5.97 Å². The van der Waals surface area contributed by atoms with Crippen LogP contribution in [0.1, 0.15) is 67.3 Å². The van der Waals surface area contributed by atoms with Gasteiger partial charge in [-0.05, 0) is 59.0 Å². The van der Waals surface area contributed by atoms with Gasteiger partial charge in [-0.15, -0.1) is 0 Å². The summed E-state index contributed by atoms with van der Waals surface area (Å²) in [7, 11) is 0. The van der Waals surface area contributed by atoms with Crippen LogP contribution < -0.4 is 0 Å². The lowest BCUT2D eigenvalue weighted by Crippen LogP contribution is -2.32. The van der Waals surface area contributed by atoms with Crippen molar-refractivity contribution in [2.75, 3.05) is 19.7 Å². The molecule has 1 aliphatic carbocycles. The van der Waals surface area contributed by atoms with E-state index in [1.807, 2.05) is 25.7 Å². The van der Waals surface area contributed by atoms with Crippen LogP contribution in [0.5, 0.6) is 0 Å². The molecule has 1 amide bonds. The number of rotatable bonds is 9. The Kier molecular flexibility index (Phi) is 7.06. The number of esters is 1. The molecule has 1 aromatic rings. The van der Waals surface area contributed by atoms with Crippen LogP contribution in [0.2, 0.25) is 0 Å². The molecule has 0 atom stereocenters. The lowest BCUT2D eigenvalue weighted by Gasteiger charge is -2.20. The van der Waals surface area contributed by atoms with Crippen molar-refractivity contribution in [1.82, 2.24) is 9.47 Å². The van der Waals surface area contributed by atoms with Crippen molar-refractivity contribution in [1.29, 1.82) is 0 Å². The van der Waals surface area contributed by atoms with E-state index in [2.05, 4.69) is 11.5 Å². The fourth-order valence-electron chi connectivity index (χ4n) is 3.48. The molecule has 1 aromatic heterocycles. The maximum absolute atomic E-state index is 12.7. The van der Waals surface area contributed by atoms with Crippen molar-refractivity contribution in [3.8, 4) is 0 Å². The first-order valence-corrected chi connectivity index (χ1v) is 9.78. The van der Waals surface area contributed by atoms with Crippen molar-refractivity contribution in [3.05, 3.63) is 28.6 Å². The summed E-state index contributed by atoms with van der Waals surface area (Å²) in [6.45, 7) is 12.6. The molecule has 1 heterocycles. The molecule has 5 heteroatoms. The van der Waals surface area contributed by atoms with E-state index in [9.17, 15) is 9.59 Å². The van der Waals surface area contributed by atoms with Gasteiger partial charge in [0.15, 0.2) is 0 Å². The minimum Gasteiger partial charge on any atom is -0.462 e. The second-order valence-corrected chi connectivity index (χ2v) is 6.99. The summed E-state index contributed by atoms with van der Waals surface area (Å²) in [4.78, 5) is 27.0. The third-order valence-corrected chi connectivity index (χ3v) is 5.00. The van der Waals surface area contributed by atoms with Gasteiger partial charge in [0, 0.05) is 42.7 Å². The molecule has 0 bridgehead atoms. The molecule has 1 saturated carbocycles. The van der Waals surface area contributed by atoms with Crippen molar-refractivity contribution in [2.24, 2.45) is 5.92 Å². The zero-order valence-electron chi connectivity index (χ0n) is 16.8. The van der Waals surface area contributed by atoms with Gasteiger partial charge in [-0.25, -0.2) is 4.79 Å². The number of ether oxygens (including phenoxy) is 1. The Hall–Kier alpha value is -2.04. The van der Waals surface area contributed by atoms with Crippen LogP contribution in [0.15, 0.2) is 6.08 Å². The number of amides is 1. The summed E-state index contributed by atoms with van der Waals surface area (Å²) in [6, 6.07) is 0. The largest absolute Gasteiger partial charge is 0.462 e. The number of carbonyl (C=O) groups excluding carboxylic acids is 2.